The number of halogens is 3. The zero-order chi connectivity index (χ0) is 13.0. The van der Waals surface area contributed by atoms with E-state index in [9.17, 15) is 4.79 Å². The van der Waals surface area contributed by atoms with E-state index in [-0.39, 0.29) is 30.7 Å². The van der Waals surface area contributed by atoms with Crippen LogP contribution in [0.25, 0.3) is 0 Å². The molecule has 20 heavy (non-hydrogen) atoms. The standard InChI is InChI=1S/C13H18ClN3O.2ClH/c14-11-1-3-12(4-2-11)16-7-9-17(10-8-16)13(18)5-6-15;;/h1-4H,5-10,15H2;2*1H. The van der Waals surface area contributed by atoms with Gasteiger partial charge < -0.3 is 15.5 Å². The Labute approximate surface area is 137 Å². The Morgan fingerprint density at radius 3 is 2.15 bits per heavy atom. The van der Waals surface area contributed by atoms with Crippen LogP contribution >= 0.6 is 36.4 Å². The maximum atomic E-state index is 11.7. The molecule has 1 aliphatic rings. The number of benzene rings is 1. The summed E-state index contributed by atoms with van der Waals surface area (Å²) >= 11 is 5.87. The molecule has 0 bridgehead atoms. The van der Waals surface area contributed by atoms with Gasteiger partial charge in [0.05, 0.1) is 0 Å². The molecule has 7 heteroatoms. The topological polar surface area (TPSA) is 49.6 Å². The molecule has 1 fully saturated rings. The highest BCUT2D eigenvalue weighted by Crippen LogP contribution is 2.19. The highest BCUT2D eigenvalue weighted by molar-refractivity contribution is 6.30. The second kappa shape index (κ2) is 9.29. The van der Waals surface area contributed by atoms with Crippen molar-refractivity contribution in [2.75, 3.05) is 37.6 Å². The number of carbonyl (C=O) groups is 1. The normalized spacial score (nSPS) is 14.3. The molecule has 0 saturated carbocycles. The molecular weight excluding hydrogens is 321 g/mol. The number of hydrogen-bond acceptors (Lipinski definition) is 3. The predicted molar refractivity (Wildman–Crippen MR) is 88.4 cm³/mol. The van der Waals surface area contributed by atoms with Crippen LogP contribution in [0.4, 0.5) is 5.69 Å². The molecule has 1 heterocycles. The second-order valence-electron chi connectivity index (χ2n) is 4.38. The van der Waals surface area contributed by atoms with Gasteiger partial charge in [0.1, 0.15) is 0 Å². The molecule has 0 radical (unpaired) electrons. The van der Waals surface area contributed by atoms with Crippen molar-refractivity contribution in [1.82, 2.24) is 4.90 Å². The molecule has 1 aromatic rings. The van der Waals surface area contributed by atoms with Crippen LogP contribution in [0.1, 0.15) is 6.42 Å². The first-order chi connectivity index (χ1) is 8.70. The van der Waals surface area contributed by atoms with Gasteiger partial charge in [-0.25, -0.2) is 0 Å². The van der Waals surface area contributed by atoms with Crippen molar-refractivity contribution in [2.24, 2.45) is 5.73 Å². The number of anilines is 1. The summed E-state index contributed by atoms with van der Waals surface area (Å²) in [6.45, 7) is 3.68. The van der Waals surface area contributed by atoms with Crippen molar-refractivity contribution in [3.63, 3.8) is 0 Å². The minimum absolute atomic E-state index is 0. The monoisotopic (exact) mass is 339 g/mol. The van der Waals surface area contributed by atoms with Crippen molar-refractivity contribution >= 4 is 48.0 Å². The second-order valence-corrected chi connectivity index (χ2v) is 4.82. The summed E-state index contributed by atoms with van der Waals surface area (Å²) in [5.41, 5.74) is 6.56. The van der Waals surface area contributed by atoms with E-state index in [1.54, 1.807) is 0 Å². The Bertz CT molecular complexity index is 406. The number of amides is 1. The van der Waals surface area contributed by atoms with E-state index in [2.05, 4.69) is 4.90 Å². The van der Waals surface area contributed by atoms with E-state index in [4.69, 9.17) is 17.3 Å². The average molecular weight is 341 g/mol. The predicted octanol–water partition coefficient (Wildman–Crippen LogP) is 2.18. The maximum Gasteiger partial charge on any atom is 0.223 e. The Kier molecular flexibility index (Phi) is 8.98. The molecule has 1 saturated heterocycles. The van der Waals surface area contributed by atoms with Crippen LogP contribution in [0.15, 0.2) is 24.3 Å². The minimum atomic E-state index is 0. The van der Waals surface area contributed by atoms with E-state index in [0.717, 1.165) is 36.9 Å². The minimum Gasteiger partial charge on any atom is -0.368 e. The number of rotatable bonds is 3. The Hall–Kier alpha value is -0.680. The van der Waals surface area contributed by atoms with Crippen LogP contribution in [-0.2, 0) is 4.79 Å². The summed E-state index contributed by atoms with van der Waals surface area (Å²) in [6.07, 6.45) is 0.445. The lowest BCUT2D eigenvalue weighted by Crippen LogP contribution is -2.49. The fourth-order valence-corrected chi connectivity index (χ4v) is 2.27. The number of piperazine rings is 1. The lowest BCUT2D eigenvalue weighted by Gasteiger charge is -2.36. The summed E-state index contributed by atoms with van der Waals surface area (Å²) in [7, 11) is 0. The van der Waals surface area contributed by atoms with Crippen molar-refractivity contribution in [2.45, 2.75) is 6.42 Å². The third-order valence-electron chi connectivity index (χ3n) is 3.18. The molecule has 2 N–H and O–H groups in total. The summed E-state index contributed by atoms with van der Waals surface area (Å²) in [5, 5.41) is 0.746. The van der Waals surface area contributed by atoms with Gasteiger partial charge in [-0.15, -0.1) is 24.8 Å². The molecule has 1 amide bonds. The van der Waals surface area contributed by atoms with Gasteiger partial charge in [-0.2, -0.15) is 0 Å². The number of hydrogen-bond donors (Lipinski definition) is 1. The van der Waals surface area contributed by atoms with Crippen molar-refractivity contribution in [3.8, 4) is 0 Å². The van der Waals surface area contributed by atoms with Crippen LogP contribution in [-0.4, -0.2) is 43.5 Å². The molecule has 0 unspecified atom stereocenters. The summed E-state index contributed by atoms with van der Waals surface area (Å²) in [6, 6.07) is 7.81. The van der Waals surface area contributed by atoms with Gasteiger partial charge >= 0.3 is 0 Å². The van der Waals surface area contributed by atoms with Gasteiger partial charge in [0, 0.05) is 49.9 Å². The van der Waals surface area contributed by atoms with Crippen LogP contribution in [0.2, 0.25) is 5.02 Å². The Morgan fingerprint density at radius 1 is 1.10 bits per heavy atom. The molecule has 0 atom stereocenters. The van der Waals surface area contributed by atoms with E-state index < -0.39 is 0 Å². The van der Waals surface area contributed by atoms with Crippen molar-refractivity contribution in [1.29, 1.82) is 0 Å². The molecule has 4 nitrogen and oxygen atoms in total. The van der Waals surface area contributed by atoms with Crippen molar-refractivity contribution < 1.29 is 4.79 Å². The lowest BCUT2D eigenvalue weighted by molar-refractivity contribution is -0.131. The Morgan fingerprint density at radius 2 is 1.65 bits per heavy atom. The van der Waals surface area contributed by atoms with Crippen LogP contribution in [0, 0.1) is 0 Å². The van der Waals surface area contributed by atoms with E-state index >= 15 is 0 Å². The number of carbonyl (C=O) groups excluding carboxylic acids is 1. The SMILES string of the molecule is Cl.Cl.NCCC(=O)N1CCN(c2ccc(Cl)cc2)CC1. The van der Waals surface area contributed by atoms with Gasteiger partial charge in [-0.1, -0.05) is 11.6 Å². The Balaban J connectivity index is 0.00000180. The zero-order valence-corrected chi connectivity index (χ0v) is 13.5. The largest absolute Gasteiger partial charge is 0.368 e. The van der Waals surface area contributed by atoms with E-state index in [1.807, 2.05) is 29.2 Å². The van der Waals surface area contributed by atoms with Gasteiger partial charge in [0.25, 0.3) is 0 Å². The van der Waals surface area contributed by atoms with Crippen LogP contribution < -0.4 is 10.6 Å². The lowest BCUT2D eigenvalue weighted by atomic mass is 10.2. The summed E-state index contributed by atoms with van der Waals surface area (Å²) < 4.78 is 0. The molecule has 0 aromatic heterocycles. The zero-order valence-electron chi connectivity index (χ0n) is 11.1. The first-order valence-corrected chi connectivity index (χ1v) is 6.57. The molecule has 0 aliphatic carbocycles. The first-order valence-electron chi connectivity index (χ1n) is 6.19. The fraction of sp³-hybridized carbons (Fsp3) is 0.462. The third kappa shape index (κ3) is 5.02. The maximum absolute atomic E-state index is 11.7. The molecular formula is C13H20Cl3N3O. The quantitative estimate of drug-likeness (QED) is 0.917. The fourth-order valence-electron chi connectivity index (χ4n) is 2.15. The molecule has 1 aromatic carbocycles. The first kappa shape index (κ1) is 19.3. The third-order valence-corrected chi connectivity index (χ3v) is 3.43. The van der Waals surface area contributed by atoms with Gasteiger partial charge in [0.15, 0.2) is 0 Å². The number of nitrogens with zero attached hydrogens (tertiary/aromatic N) is 2. The van der Waals surface area contributed by atoms with Gasteiger partial charge in [-0.3, -0.25) is 4.79 Å². The summed E-state index contributed by atoms with van der Waals surface area (Å²) in [5.74, 6) is 0.160. The number of nitrogens with two attached hydrogens (primary N) is 1. The van der Waals surface area contributed by atoms with E-state index in [1.165, 1.54) is 0 Å². The van der Waals surface area contributed by atoms with Crippen molar-refractivity contribution in [3.05, 3.63) is 29.3 Å². The molecule has 2 rings (SSSR count). The molecule has 1 aliphatic heterocycles. The van der Waals surface area contributed by atoms with Gasteiger partial charge in [-0.05, 0) is 24.3 Å². The van der Waals surface area contributed by atoms with Crippen LogP contribution in [0.5, 0.6) is 0 Å². The molecule has 0 spiro atoms. The highest BCUT2D eigenvalue weighted by atomic mass is 35.5. The van der Waals surface area contributed by atoms with E-state index in [0.29, 0.717) is 13.0 Å². The smallest absolute Gasteiger partial charge is 0.223 e. The van der Waals surface area contributed by atoms with Gasteiger partial charge in [0.2, 0.25) is 5.91 Å². The summed E-state index contributed by atoms with van der Waals surface area (Å²) in [4.78, 5) is 15.9. The molecule has 114 valence electrons. The average Bonchev–Trinajstić information content (AvgIpc) is 2.40. The van der Waals surface area contributed by atoms with Crippen LogP contribution in [0.3, 0.4) is 0 Å². The highest BCUT2D eigenvalue weighted by Gasteiger charge is 2.20.